The van der Waals surface area contributed by atoms with Crippen LogP contribution in [0.2, 0.25) is 0 Å². The van der Waals surface area contributed by atoms with Crippen LogP contribution in [0.25, 0.3) is 0 Å². The molecule has 1 aromatic rings. The zero-order valence-electron chi connectivity index (χ0n) is 7.15. The lowest BCUT2D eigenvalue weighted by atomic mass is 10.2. The van der Waals surface area contributed by atoms with E-state index in [4.69, 9.17) is 5.11 Å². The minimum atomic E-state index is -3.01. The van der Waals surface area contributed by atoms with Gasteiger partial charge in [-0.15, -0.1) is 0 Å². The fraction of sp³-hybridized carbons (Fsp3) is 0.286. The fourth-order valence-corrected chi connectivity index (χ4v) is 1.60. The highest BCUT2D eigenvalue weighted by atomic mass is 79.9. The van der Waals surface area contributed by atoms with Crippen LogP contribution in [-0.4, -0.2) is 15.0 Å². The summed E-state index contributed by atoms with van der Waals surface area (Å²) >= 11 is 2.75. The predicted octanol–water partition coefficient (Wildman–Crippen LogP) is 2.18. The molecule has 0 aliphatic heterocycles. The molecule has 0 amide bonds. The number of aromatic nitrogens is 1. The quantitative estimate of drug-likeness (QED) is 0.681. The molecule has 0 spiro atoms. The van der Waals surface area contributed by atoms with Gasteiger partial charge in [0, 0.05) is 0 Å². The van der Waals surface area contributed by atoms with Gasteiger partial charge in [0.15, 0.2) is 0 Å². The molecule has 1 N–H and O–H groups in total. The van der Waals surface area contributed by atoms with Crippen LogP contribution in [0.5, 0.6) is 0 Å². The van der Waals surface area contributed by atoms with Gasteiger partial charge in [-0.3, -0.25) is 15.1 Å². The predicted molar refractivity (Wildman–Crippen MR) is 49.5 cm³/mol. The first-order chi connectivity index (χ1) is 6.99. The third-order valence-electron chi connectivity index (χ3n) is 1.67. The summed E-state index contributed by atoms with van der Waals surface area (Å²) in [7, 11) is 0. The molecular formula is C7H5BrF2N2O3. The molecule has 0 aromatic carbocycles. The largest absolute Gasteiger partial charge is 0.390 e. The number of hydrogen-bond donors (Lipinski definition) is 1. The Morgan fingerprint density at radius 1 is 1.67 bits per heavy atom. The lowest BCUT2D eigenvalue weighted by molar-refractivity contribution is -0.386. The average Bonchev–Trinajstić information content (AvgIpc) is 2.16. The Hall–Kier alpha value is -1.15. The fourth-order valence-electron chi connectivity index (χ4n) is 0.996. The van der Waals surface area contributed by atoms with E-state index < -0.39 is 29.2 Å². The van der Waals surface area contributed by atoms with Gasteiger partial charge in [0.25, 0.3) is 12.1 Å². The van der Waals surface area contributed by atoms with Gasteiger partial charge in [-0.1, -0.05) is 0 Å². The van der Waals surface area contributed by atoms with E-state index >= 15 is 0 Å². The zero-order chi connectivity index (χ0) is 11.6. The maximum absolute atomic E-state index is 12.5. The third kappa shape index (κ3) is 2.26. The minimum Gasteiger partial charge on any atom is -0.390 e. The van der Waals surface area contributed by atoms with Crippen molar-refractivity contribution >= 4 is 21.6 Å². The molecule has 82 valence electrons. The van der Waals surface area contributed by atoms with Crippen LogP contribution in [0.3, 0.4) is 0 Å². The standard InChI is InChI=1S/C7H5BrF2N2O3/c8-6-3(2-13)11-1-4(12(14)15)5(6)7(9)10/h1,7,13H,2H2. The van der Waals surface area contributed by atoms with Gasteiger partial charge >= 0.3 is 0 Å². The SMILES string of the molecule is O=[N+]([O-])c1cnc(CO)c(Br)c1C(F)F. The van der Waals surface area contributed by atoms with E-state index in [-0.39, 0.29) is 10.2 Å². The molecule has 15 heavy (non-hydrogen) atoms. The molecule has 0 atom stereocenters. The molecule has 1 rings (SSSR count). The number of rotatable bonds is 3. The van der Waals surface area contributed by atoms with Gasteiger partial charge in [0.05, 0.1) is 21.7 Å². The maximum atomic E-state index is 12.5. The lowest BCUT2D eigenvalue weighted by Gasteiger charge is -2.06. The van der Waals surface area contributed by atoms with E-state index in [9.17, 15) is 18.9 Å². The van der Waals surface area contributed by atoms with E-state index in [0.29, 0.717) is 6.20 Å². The molecule has 0 fully saturated rings. The summed E-state index contributed by atoms with van der Waals surface area (Å²) in [5.41, 5.74) is -1.59. The Labute approximate surface area is 91.0 Å². The average molecular weight is 283 g/mol. The summed E-state index contributed by atoms with van der Waals surface area (Å²) in [6, 6.07) is 0. The second-order valence-electron chi connectivity index (χ2n) is 2.53. The van der Waals surface area contributed by atoms with Crippen LogP contribution in [0.15, 0.2) is 10.7 Å². The first kappa shape index (κ1) is 11.9. The van der Waals surface area contributed by atoms with Crippen molar-refractivity contribution in [3.05, 3.63) is 32.0 Å². The van der Waals surface area contributed by atoms with Gasteiger partial charge in [-0.25, -0.2) is 8.78 Å². The highest BCUT2D eigenvalue weighted by molar-refractivity contribution is 9.10. The van der Waals surface area contributed by atoms with E-state index in [0.717, 1.165) is 0 Å². The van der Waals surface area contributed by atoms with Crippen LogP contribution in [0.4, 0.5) is 14.5 Å². The van der Waals surface area contributed by atoms with Crippen molar-refractivity contribution in [2.75, 3.05) is 0 Å². The molecule has 5 nitrogen and oxygen atoms in total. The second-order valence-corrected chi connectivity index (χ2v) is 3.33. The van der Waals surface area contributed by atoms with Gasteiger partial charge in [0.2, 0.25) is 0 Å². The molecule has 1 aromatic heterocycles. The van der Waals surface area contributed by atoms with Crippen molar-refractivity contribution in [3.8, 4) is 0 Å². The highest BCUT2D eigenvalue weighted by Gasteiger charge is 2.27. The van der Waals surface area contributed by atoms with Crippen molar-refractivity contribution in [1.29, 1.82) is 0 Å². The molecule has 0 saturated heterocycles. The van der Waals surface area contributed by atoms with E-state index in [1.54, 1.807) is 0 Å². The molecule has 0 radical (unpaired) electrons. The third-order valence-corrected chi connectivity index (χ3v) is 2.56. The van der Waals surface area contributed by atoms with Gasteiger partial charge in [-0.05, 0) is 15.9 Å². The number of alkyl halides is 2. The summed E-state index contributed by atoms with van der Waals surface area (Å²) in [4.78, 5) is 13.0. The monoisotopic (exact) mass is 282 g/mol. The zero-order valence-corrected chi connectivity index (χ0v) is 8.74. The van der Waals surface area contributed by atoms with E-state index in [1.807, 2.05) is 0 Å². The van der Waals surface area contributed by atoms with Crippen molar-refractivity contribution in [2.45, 2.75) is 13.0 Å². The Balaban J connectivity index is 3.44. The Kier molecular flexibility index (Phi) is 3.64. The summed E-state index contributed by atoms with van der Waals surface area (Å²) < 4.78 is 24.8. The van der Waals surface area contributed by atoms with Crippen LogP contribution in [-0.2, 0) is 6.61 Å². The van der Waals surface area contributed by atoms with Crippen LogP contribution in [0, 0.1) is 10.1 Å². The van der Waals surface area contributed by atoms with Gasteiger partial charge in [-0.2, -0.15) is 0 Å². The molecule has 0 saturated carbocycles. The van der Waals surface area contributed by atoms with Crippen molar-refractivity contribution in [2.24, 2.45) is 0 Å². The molecule has 0 unspecified atom stereocenters. The van der Waals surface area contributed by atoms with E-state index in [1.165, 1.54) is 0 Å². The topological polar surface area (TPSA) is 76.3 Å². The number of pyridine rings is 1. The van der Waals surface area contributed by atoms with Gasteiger partial charge < -0.3 is 5.11 Å². The van der Waals surface area contributed by atoms with Crippen molar-refractivity contribution in [1.82, 2.24) is 4.98 Å². The second kappa shape index (κ2) is 4.58. The number of nitrogens with zero attached hydrogens (tertiary/aromatic N) is 2. The number of aliphatic hydroxyl groups is 1. The van der Waals surface area contributed by atoms with Crippen LogP contribution < -0.4 is 0 Å². The van der Waals surface area contributed by atoms with Crippen molar-refractivity contribution in [3.63, 3.8) is 0 Å². The molecule has 8 heteroatoms. The van der Waals surface area contributed by atoms with Gasteiger partial charge in [0.1, 0.15) is 11.8 Å². The lowest BCUT2D eigenvalue weighted by Crippen LogP contribution is -2.02. The molecule has 0 aliphatic rings. The number of hydrogen-bond acceptors (Lipinski definition) is 4. The summed E-state index contributed by atoms with van der Waals surface area (Å²) in [5.74, 6) is 0. The molecule has 0 bridgehead atoms. The first-order valence-corrected chi connectivity index (χ1v) is 4.49. The summed E-state index contributed by atoms with van der Waals surface area (Å²) in [6.07, 6.45) is -2.30. The molecule has 1 heterocycles. The Bertz CT molecular complexity index is 400. The molecular weight excluding hydrogens is 278 g/mol. The normalized spacial score (nSPS) is 10.7. The minimum absolute atomic E-state index is 0.0594. The molecule has 0 aliphatic carbocycles. The summed E-state index contributed by atoms with van der Waals surface area (Å²) in [5, 5.41) is 19.2. The number of halogens is 3. The smallest absolute Gasteiger partial charge is 0.297 e. The number of aliphatic hydroxyl groups excluding tert-OH is 1. The summed E-state index contributed by atoms with van der Waals surface area (Å²) in [6.45, 7) is -0.571. The van der Waals surface area contributed by atoms with Crippen LogP contribution >= 0.6 is 15.9 Å². The van der Waals surface area contributed by atoms with Crippen LogP contribution in [0.1, 0.15) is 17.7 Å². The number of nitro groups is 1. The Morgan fingerprint density at radius 2 is 2.27 bits per heavy atom. The maximum Gasteiger partial charge on any atom is 0.297 e. The van der Waals surface area contributed by atoms with E-state index in [2.05, 4.69) is 20.9 Å². The van der Waals surface area contributed by atoms with Crippen molar-refractivity contribution < 1.29 is 18.8 Å². The Morgan fingerprint density at radius 3 is 2.67 bits per heavy atom. The highest BCUT2D eigenvalue weighted by Crippen LogP contribution is 2.36. The first-order valence-electron chi connectivity index (χ1n) is 3.69.